The summed E-state index contributed by atoms with van der Waals surface area (Å²) >= 11 is 0. The number of hydrogen-bond donors (Lipinski definition) is 2. The molecule has 0 aliphatic heterocycles. The molecule has 1 fully saturated rings. The van der Waals surface area contributed by atoms with Crippen LogP contribution in [0.25, 0.3) is 0 Å². The molecule has 74 valence electrons. The van der Waals surface area contributed by atoms with Gasteiger partial charge in [-0.1, -0.05) is 26.2 Å². The van der Waals surface area contributed by atoms with Crippen LogP contribution in [-0.4, -0.2) is 36.4 Å². The zero-order valence-electron chi connectivity index (χ0n) is 8.13. The minimum absolute atomic E-state index is 0.0903. The van der Waals surface area contributed by atoms with Crippen LogP contribution in [0, 0.1) is 0 Å². The number of rotatable bonds is 1. The predicted molar refractivity (Wildman–Crippen MR) is 51.5 cm³/mol. The molecule has 2 nitrogen and oxygen atoms in total. The first kappa shape index (κ1) is 12.7. The maximum absolute atomic E-state index is 13.4. The standard InChI is InChI=1S/C7H10BFO2.C2H6/c1-4-5(8)2-6(11)7(4,9)3-10;1-2/h5-6,10-11H,1-3H2;1-2H3/t5-,6+,7+;/m0./s1. The molecule has 0 amide bonds. The number of halogens is 1. The Morgan fingerprint density at radius 1 is 1.69 bits per heavy atom. The second-order valence-electron chi connectivity index (χ2n) is 2.90. The summed E-state index contributed by atoms with van der Waals surface area (Å²) in [6.07, 6.45) is -1.08. The Balaban J connectivity index is 0.000000671. The van der Waals surface area contributed by atoms with E-state index in [9.17, 15) is 4.39 Å². The molecule has 3 atom stereocenters. The molecule has 1 aliphatic rings. The molecule has 0 unspecified atom stereocenters. The fourth-order valence-electron chi connectivity index (χ4n) is 1.30. The maximum atomic E-state index is 13.4. The van der Waals surface area contributed by atoms with E-state index in [1.807, 2.05) is 13.8 Å². The van der Waals surface area contributed by atoms with E-state index in [2.05, 4.69) is 6.58 Å². The Morgan fingerprint density at radius 3 is 2.31 bits per heavy atom. The Kier molecular flexibility index (Phi) is 4.64. The molecule has 1 rings (SSSR count). The fraction of sp³-hybridized carbons (Fsp3) is 0.778. The van der Waals surface area contributed by atoms with Gasteiger partial charge in [0.15, 0.2) is 5.67 Å². The normalized spacial score (nSPS) is 38.4. The van der Waals surface area contributed by atoms with Gasteiger partial charge in [0.05, 0.1) is 20.6 Å². The Bertz CT molecular complexity index is 186. The Labute approximate surface area is 79.9 Å². The quantitative estimate of drug-likeness (QED) is 0.473. The van der Waals surface area contributed by atoms with E-state index >= 15 is 0 Å². The summed E-state index contributed by atoms with van der Waals surface area (Å²) < 4.78 is 13.4. The van der Waals surface area contributed by atoms with Crippen LogP contribution < -0.4 is 0 Å². The third kappa shape index (κ3) is 2.12. The second kappa shape index (κ2) is 4.77. The average Bonchev–Trinajstić information content (AvgIpc) is 2.35. The molecule has 0 bridgehead atoms. The van der Waals surface area contributed by atoms with Gasteiger partial charge in [-0.2, -0.15) is 0 Å². The van der Waals surface area contributed by atoms with Crippen molar-refractivity contribution in [2.75, 3.05) is 6.61 Å². The van der Waals surface area contributed by atoms with E-state index in [0.717, 1.165) is 0 Å². The molecule has 0 aromatic heterocycles. The minimum atomic E-state index is -2.08. The lowest BCUT2D eigenvalue weighted by Crippen LogP contribution is -2.37. The van der Waals surface area contributed by atoms with Crippen LogP contribution in [0.4, 0.5) is 4.39 Å². The van der Waals surface area contributed by atoms with Crippen LogP contribution in [0.2, 0.25) is 5.82 Å². The molecule has 0 spiro atoms. The second-order valence-corrected chi connectivity index (χ2v) is 2.90. The molecule has 13 heavy (non-hydrogen) atoms. The van der Waals surface area contributed by atoms with Gasteiger partial charge >= 0.3 is 0 Å². The van der Waals surface area contributed by atoms with Crippen LogP contribution in [0.15, 0.2) is 12.2 Å². The van der Waals surface area contributed by atoms with Crippen molar-refractivity contribution < 1.29 is 14.6 Å². The molecule has 1 saturated carbocycles. The van der Waals surface area contributed by atoms with Crippen molar-refractivity contribution in [3.05, 3.63) is 12.2 Å². The molecular formula is C9H16BFO2. The van der Waals surface area contributed by atoms with E-state index in [-0.39, 0.29) is 12.0 Å². The van der Waals surface area contributed by atoms with Crippen LogP contribution >= 0.6 is 0 Å². The Hall–Kier alpha value is -0.345. The first-order valence-electron chi connectivity index (χ1n) is 4.45. The van der Waals surface area contributed by atoms with Crippen molar-refractivity contribution in [3.8, 4) is 0 Å². The van der Waals surface area contributed by atoms with Crippen LogP contribution in [-0.2, 0) is 0 Å². The molecule has 4 heteroatoms. The highest BCUT2D eigenvalue weighted by molar-refractivity contribution is 6.14. The lowest BCUT2D eigenvalue weighted by atomic mass is 9.81. The lowest BCUT2D eigenvalue weighted by molar-refractivity contribution is -0.00206. The van der Waals surface area contributed by atoms with E-state index in [1.165, 1.54) is 0 Å². The minimum Gasteiger partial charge on any atom is -0.393 e. The topological polar surface area (TPSA) is 40.5 Å². The van der Waals surface area contributed by atoms with Gasteiger partial charge in [0.25, 0.3) is 0 Å². The fourth-order valence-corrected chi connectivity index (χ4v) is 1.30. The van der Waals surface area contributed by atoms with E-state index < -0.39 is 24.2 Å². The SMILES string of the molecule is CC.[B][C@H]1C[C@@H](O)[C@@](F)(CO)C1=C. The molecule has 0 aromatic carbocycles. The Morgan fingerprint density at radius 2 is 2.15 bits per heavy atom. The highest BCUT2D eigenvalue weighted by atomic mass is 19.1. The molecule has 1 aliphatic carbocycles. The lowest BCUT2D eigenvalue weighted by Gasteiger charge is -2.22. The summed E-state index contributed by atoms with van der Waals surface area (Å²) in [6.45, 7) is 6.64. The molecule has 0 aromatic rings. The van der Waals surface area contributed by atoms with Gasteiger partial charge < -0.3 is 10.2 Å². The number of hydrogen-bond acceptors (Lipinski definition) is 2. The van der Waals surface area contributed by atoms with Crippen molar-refractivity contribution in [1.82, 2.24) is 0 Å². The predicted octanol–water partition coefficient (Wildman–Crippen LogP) is 0.991. The van der Waals surface area contributed by atoms with Crippen LogP contribution in [0.3, 0.4) is 0 Å². The van der Waals surface area contributed by atoms with Crippen molar-refractivity contribution in [1.29, 1.82) is 0 Å². The van der Waals surface area contributed by atoms with Gasteiger partial charge in [0.1, 0.15) is 0 Å². The summed E-state index contributed by atoms with van der Waals surface area (Å²) in [5.41, 5.74) is -1.99. The van der Waals surface area contributed by atoms with E-state index in [4.69, 9.17) is 18.1 Å². The van der Waals surface area contributed by atoms with Crippen molar-refractivity contribution in [2.24, 2.45) is 0 Å². The maximum Gasteiger partial charge on any atom is 0.179 e. The molecule has 0 saturated heterocycles. The largest absolute Gasteiger partial charge is 0.393 e. The summed E-state index contributed by atoms with van der Waals surface area (Å²) in [5.74, 6) is -0.540. The monoisotopic (exact) mass is 186 g/mol. The van der Waals surface area contributed by atoms with Gasteiger partial charge in [-0.25, -0.2) is 4.39 Å². The van der Waals surface area contributed by atoms with Crippen molar-refractivity contribution in [2.45, 2.75) is 37.9 Å². The summed E-state index contributed by atoms with van der Waals surface area (Å²) in [4.78, 5) is 0. The molecular weight excluding hydrogens is 170 g/mol. The zero-order chi connectivity index (χ0) is 10.6. The highest BCUT2D eigenvalue weighted by Crippen LogP contribution is 2.43. The third-order valence-corrected chi connectivity index (χ3v) is 2.22. The van der Waals surface area contributed by atoms with Crippen LogP contribution in [0.1, 0.15) is 20.3 Å². The van der Waals surface area contributed by atoms with Crippen molar-refractivity contribution >= 4 is 7.85 Å². The molecule has 2 radical (unpaired) electrons. The average molecular weight is 186 g/mol. The van der Waals surface area contributed by atoms with Gasteiger partial charge in [-0.15, -0.1) is 0 Å². The van der Waals surface area contributed by atoms with Gasteiger partial charge in [-0.05, 0) is 12.0 Å². The van der Waals surface area contributed by atoms with Gasteiger partial charge in [0.2, 0.25) is 0 Å². The van der Waals surface area contributed by atoms with E-state index in [1.54, 1.807) is 0 Å². The summed E-state index contributed by atoms with van der Waals surface area (Å²) in [5, 5.41) is 17.7. The summed E-state index contributed by atoms with van der Waals surface area (Å²) in [6, 6.07) is 0. The van der Waals surface area contributed by atoms with E-state index in [0.29, 0.717) is 0 Å². The third-order valence-electron chi connectivity index (χ3n) is 2.22. The van der Waals surface area contributed by atoms with Gasteiger partial charge in [0, 0.05) is 0 Å². The number of aliphatic hydroxyl groups excluding tert-OH is 2. The van der Waals surface area contributed by atoms with Crippen LogP contribution in [0.5, 0.6) is 0 Å². The highest BCUT2D eigenvalue weighted by Gasteiger charge is 2.48. The zero-order valence-corrected chi connectivity index (χ0v) is 8.13. The summed E-state index contributed by atoms with van der Waals surface area (Å²) in [7, 11) is 5.41. The number of aliphatic hydroxyl groups is 2. The first-order chi connectivity index (χ1) is 6.02. The van der Waals surface area contributed by atoms with Crippen molar-refractivity contribution in [3.63, 3.8) is 0 Å². The molecule has 2 N–H and O–H groups in total. The van der Waals surface area contributed by atoms with Gasteiger partial charge in [-0.3, -0.25) is 0 Å². The molecule has 0 heterocycles. The number of alkyl halides is 1. The smallest absolute Gasteiger partial charge is 0.179 e. The first-order valence-corrected chi connectivity index (χ1v) is 4.45.